The number of hydrogen-bond donors (Lipinski definition) is 2. The Hall–Kier alpha value is -0.930. The van der Waals surface area contributed by atoms with Gasteiger partial charge in [0.25, 0.3) is 0 Å². The van der Waals surface area contributed by atoms with Crippen molar-refractivity contribution in [3.8, 4) is 5.75 Å². The molecule has 0 spiro atoms. The minimum Gasteiger partial charge on any atom is -0.495 e. The number of anilines is 1. The average molecular weight is 284 g/mol. The predicted molar refractivity (Wildman–Crippen MR) is 79.3 cm³/mol. The van der Waals surface area contributed by atoms with Crippen LogP contribution in [-0.2, 0) is 0 Å². The first-order valence-corrected chi connectivity index (χ1v) is 7.22. The Bertz CT molecular complexity index is 442. The molecule has 19 heavy (non-hydrogen) atoms. The Morgan fingerprint density at radius 3 is 2.63 bits per heavy atom. The van der Waals surface area contributed by atoms with E-state index in [9.17, 15) is 5.11 Å². The maximum Gasteiger partial charge on any atom is 0.143 e. The summed E-state index contributed by atoms with van der Waals surface area (Å²) in [6.07, 6.45) is 5.18. The van der Waals surface area contributed by atoms with Crippen LogP contribution in [0.25, 0.3) is 0 Å². The van der Waals surface area contributed by atoms with Crippen molar-refractivity contribution in [3.63, 3.8) is 0 Å². The molecular formula is C15H22ClNO2. The van der Waals surface area contributed by atoms with Crippen molar-refractivity contribution in [1.82, 2.24) is 0 Å². The van der Waals surface area contributed by atoms with Crippen molar-refractivity contribution in [3.05, 3.63) is 22.7 Å². The molecule has 2 rings (SSSR count). The van der Waals surface area contributed by atoms with Gasteiger partial charge in [-0.05, 0) is 31.4 Å². The third-order valence-electron chi connectivity index (χ3n) is 3.87. The molecule has 0 aliphatic heterocycles. The molecule has 0 atom stereocenters. The summed E-state index contributed by atoms with van der Waals surface area (Å²) < 4.78 is 5.33. The Labute approximate surface area is 119 Å². The fourth-order valence-corrected chi connectivity index (χ4v) is 2.77. The number of aliphatic hydroxyl groups is 1. The highest BCUT2D eigenvalue weighted by Gasteiger charge is 2.29. The molecule has 4 heteroatoms. The van der Waals surface area contributed by atoms with Gasteiger partial charge in [0.05, 0.1) is 18.4 Å². The Kier molecular flexibility index (Phi) is 4.58. The maximum atomic E-state index is 10.5. The molecule has 0 radical (unpaired) electrons. The lowest BCUT2D eigenvalue weighted by Gasteiger charge is -2.32. The van der Waals surface area contributed by atoms with Crippen LogP contribution in [0.15, 0.2) is 12.1 Å². The largest absolute Gasteiger partial charge is 0.495 e. The van der Waals surface area contributed by atoms with E-state index in [4.69, 9.17) is 16.3 Å². The molecule has 1 aromatic carbocycles. The van der Waals surface area contributed by atoms with E-state index in [1.54, 1.807) is 7.11 Å². The first-order chi connectivity index (χ1) is 9.04. The molecule has 0 amide bonds. The van der Waals surface area contributed by atoms with Crippen LogP contribution in [0, 0.1) is 6.92 Å². The van der Waals surface area contributed by atoms with Crippen LogP contribution in [0.1, 0.15) is 37.7 Å². The smallest absolute Gasteiger partial charge is 0.143 e. The number of nitrogens with one attached hydrogen (secondary N) is 1. The normalized spacial score (nSPS) is 18.1. The summed E-state index contributed by atoms with van der Waals surface area (Å²) in [6, 6.07) is 3.78. The van der Waals surface area contributed by atoms with Crippen LogP contribution in [0.4, 0.5) is 5.69 Å². The van der Waals surface area contributed by atoms with Crippen LogP contribution in [0.2, 0.25) is 5.02 Å². The highest BCUT2D eigenvalue weighted by molar-refractivity contribution is 6.31. The molecule has 0 saturated heterocycles. The predicted octanol–water partition coefficient (Wildman–Crippen LogP) is 3.76. The molecule has 1 fully saturated rings. The zero-order valence-corrected chi connectivity index (χ0v) is 12.4. The fourth-order valence-electron chi connectivity index (χ4n) is 2.62. The lowest BCUT2D eigenvalue weighted by atomic mass is 9.85. The first kappa shape index (κ1) is 14.5. The van der Waals surface area contributed by atoms with Gasteiger partial charge in [-0.25, -0.2) is 0 Å². The molecule has 3 nitrogen and oxygen atoms in total. The van der Waals surface area contributed by atoms with Gasteiger partial charge in [0.15, 0.2) is 0 Å². The van der Waals surface area contributed by atoms with Gasteiger partial charge in [-0.3, -0.25) is 0 Å². The summed E-state index contributed by atoms with van der Waals surface area (Å²) in [5, 5.41) is 14.5. The van der Waals surface area contributed by atoms with Crippen LogP contribution >= 0.6 is 11.6 Å². The van der Waals surface area contributed by atoms with Gasteiger partial charge >= 0.3 is 0 Å². The Morgan fingerprint density at radius 1 is 1.32 bits per heavy atom. The summed E-state index contributed by atoms with van der Waals surface area (Å²) >= 11 is 6.08. The number of rotatable bonds is 4. The number of hydrogen-bond acceptors (Lipinski definition) is 3. The molecule has 1 aromatic rings. The number of ether oxygens (including phenoxy) is 1. The third-order valence-corrected chi connectivity index (χ3v) is 4.28. The van der Waals surface area contributed by atoms with Crippen LogP contribution < -0.4 is 10.1 Å². The lowest BCUT2D eigenvalue weighted by Crippen LogP contribution is -2.38. The number of methoxy groups -OCH3 is 1. The summed E-state index contributed by atoms with van der Waals surface area (Å²) in [6.45, 7) is 2.52. The van der Waals surface area contributed by atoms with Gasteiger partial charge in [-0.2, -0.15) is 0 Å². The van der Waals surface area contributed by atoms with Crippen molar-refractivity contribution in [2.24, 2.45) is 0 Å². The number of aryl methyl sites for hydroxylation is 1. The van der Waals surface area contributed by atoms with Gasteiger partial charge in [0, 0.05) is 17.6 Å². The van der Waals surface area contributed by atoms with E-state index in [0.29, 0.717) is 11.6 Å². The Balaban J connectivity index is 2.08. The second-order valence-corrected chi connectivity index (χ2v) is 5.85. The summed E-state index contributed by atoms with van der Waals surface area (Å²) in [7, 11) is 1.63. The van der Waals surface area contributed by atoms with Crippen molar-refractivity contribution in [1.29, 1.82) is 0 Å². The third kappa shape index (κ3) is 3.54. The van der Waals surface area contributed by atoms with E-state index in [1.165, 1.54) is 6.42 Å². The van der Waals surface area contributed by atoms with E-state index in [-0.39, 0.29) is 0 Å². The molecule has 1 saturated carbocycles. The van der Waals surface area contributed by atoms with E-state index in [1.807, 2.05) is 19.1 Å². The van der Waals surface area contributed by atoms with Crippen molar-refractivity contribution in [2.75, 3.05) is 19.0 Å². The van der Waals surface area contributed by atoms with Gasteiger partial charge < -0.3 is 15.2 Å². The summed E-state index contributed by atoms with van der Waals surface area (Å²) in [5.74, 6) is 0.718. The SMILES string of the molecule is COc1cc(Cl)c(C)cc1NCC1(O)CCCCC1. The number of benzene rings is 1. The monoisotopic (exact) mass is 283 g/mol. The zero-order chi connectivity index (χ0) is 13.9. The second-order valence-electron chi connectivity index (χ2n) is 5.44. The van der Waals surface area contributed by atoms with Crippen LogP contribution in [0.5, 0.6) is 5.75 Å². The second kappa shape index (κ2) is 6.02. The molecule has 106 valence electrons. The molecule has 0 bridgehead atoms. The van der Waals surface area contributed by atoms with E-state index in [0.717, 1.165) is 42.7 Å². The first-order valence-electron chi connectivity index (χ1n) is 6.84. The van der Waals surface area contributed by atoms with Gasteiger partial charge in [-0.1, -0.05) is 30.9 Å². The van der Waals surface area contributed by atoms with Gasteiger partial charge in [0.2, 0.25) is 0 Å². The number of halogens is 1. The van der Waals surface area contributed by atoms with Gasteiger partial charge in [-0.15, -0.1) is 0 Å². The minimum atomic E-state index is -0.587. The lowest BCUT2D eigenvalue weighted by molar-refractivity contribution is 0.0167. The average Bonchev–Trinajstić information content (AvgIpc) is 2.40. The van der Waals surface area contributed by atoms with Crippen molar-refractivity contribution >= 4 is 17.3 Å². The molecule has 0 unspecified atom stereocenters. The van der Waals surface area contributed by atoms with Crippen molar-refractivity contribution in [2.45, 2.75) is 44.6 Å². The van der Waals surface area contributed by atoms with E-state index < -0.39 is 5.60 Å². The topological polar surface area (TPSA) is 41.5 Å². The van der Waals surface area contributed by atoms with Gasteiger partial charge in [0.1, 0.15) is 5.75 Å². The molecular weight excluding hydrogens is 262 g/mol. The fraction of sp³-hybridized carbons (Fsp3) is 0.600. The molecule has 2 N–H and O–H groups in total. The molecule has 0 heterocycles. The van der Waals surface area contributed by atoms with E-state index in [2.05, 4.69) is 5.32 Å². The zero-order valence-electron chi connectivity index (χ0n) is 11.6. The molecule has 1 aliphatic carbocycles. The quantitative estimate of drug-likeness (QED) is 0.884. The molecule has 1 aliphatic rings. The Morgan fingerprint density at radius 2 is 2.00 bits per heavy atom. The van der Waals surface area contributed by atoms with Crippen LogP contribution in [0.3, 0.4) is 0 Å². The minimum absolute atomic E-state index is 0.560. The van der Waals surface area contributed by atoms with Crippen molar-refractivity contribution < 1.29 is 9.84 Å². The van der Waals surface area contributed by atoms with Crippen LogP contribution in [-0.4, -0.2) is 24.4 Å². The molecule has 0 aromatic heterocycles. The highest BCUT2D eigenvalue weighted by Crippen LogP contribution is 2.33. The summed E-state index contributed by atoms with van der Waals surface area (Å²) in [4.78, 5) is 0. The maximum absolute atomic E-state index is 10.5. The summed E-state index contributed by atoms with van der Waals surface area (Å²) in [5.41, 5.74) is 1.31. The standard InChI is InChI=1S/C15H22ClNO2/c1-11-8-13(14(19-2)9-12(11)16)17-10-15(18)6-4-3-5-7-15/h8-9,17-18H,3-7,10H2,1-2H3. The highest BCUT2D eigenvalue weighted by atomic mass is 35.5. The van der Waals surface area contributed by atoms with E-state index >= 15 is 0 Å².